The second kappa shape index (κ2) is 6.77. The first kappa shape index (κ1) is 13.3. The summed E-state index contributed by atoms with van der Waals surface area (Å²) in [5, 5.41) is 2.83. The molecule has 2 atom stereocenters. The Balaban J connectivity index is 2.27. The first-order valence-corrected chi connectivity index (χ1v) is 5.65. The van der Waals surface area contributed by atoms with E-state index in [4.69, 9.17) is 16.6 Å². The number of carbonyl (C=O) groups excluding carboxylic acids is 1. The van der Waals surface area contributed by atoms with E-state index in [0.29, 0.717) is 0 Å². The van der Waals surface area contributed by atoms with Gasteiger partial charge in [0.25, 0.3) is 0 Å². The molecule has 0 saturated heterocycles. The maximum absolute atomic E-state index is 11.5. The Hall–Kier alpha value is -1.73. The van der Waals surface area contributed by atoms with Crippen LogP contribution in [0.2, 0.25) is 0 Å². The smallest absolute Gasteiger partial charge is 0.238 e. The summed E-state index contributed by atoms with van der Waals surface area (Å²) in [5.74, 6) is 3.09. The van der Waals surface area contributed by atoms with Crippen LogP contribution in [0.25, 0.3) is 0 Å². The van der Waals surface area contributed by atoms with Gasteiger partial charge in [0.2, 0.25) is 5.91 Å². The van der Waals surface area contributed by atoms with Crippen LogP contribution in [0.15, 0.2) is 22.8 Å². The molecule has 0 bridgehead atoms. The molecule has 0 saturated carbocycles. The largest absolute Gasteiger partial charge is 0.469 e. The summed E-state index contributed by atoms with van der Waals surface area (Å²) < 4.78 is 5.21. The quantitative estimate of drug-likeness (QED) is 0.723. The molecular formula is C13H18N2O2. The summed E-state index contributed by atoms with van der Waals surface area (Å²) in [6.07, 6.45) is 8.60. The highest BCUT2D eigenvalue weighted by Crippen LogP contribution is 2.05. The molecule has 1 rings (SSSR count). The highest BCUT2D eigenvalue weighted by atomic mass is 16.3. The molecule has 0 aliphatic rings. The molecule has 0 fully saturated rings. The van der Waals surface area contributed by atoms with E-state index in [0.717, 1.165) is 18.6 Å². The topological polar surface area (TPSA) is 68.3 Å². The van der Waals surface area contributed by atoms with Gasteiger partial charge in [-0.25, -0.2) is 0 Å². The standard InChI is InChI=1S/C13H18N2O2/c1-3-5-12(14)13(16)15-10(2)7-8-11-6-4-9-17-11/h1,4,6,9-10,12H,5,7-8,14H2,2H3,(H,15,16). The van der Waals surface area contributed by atoms with E-state index in [9.17, 15) is 4.79 Å². The normalized spacial score (nSPS) is 13.7. The maximum Gasteiger partial charge on any atom is 0.238 e. The third-order valence-corrected chi connectivity index (χ3v) is 2.47. The zero-order chi connectivity index (χ0) is 12.7. The van der Waals surface area contributed by atoms with Gasteiger partial charge in [-0.3, -0.25) is 4.79 Å². The average molecular weight is 234 g/mol. The molecule has 1 aromatic heterocycles. The Morgan fingerprint density at radius 3 is 3.06 bits per heavy atom. The van der Waals surface area contributed by atoms with E-state index < -0.39 is 6.04 Å². The Bertz CT molecular complexity index is 379. The summed E-state index contributed by atoms with van der Waals surface area (Å²) in [7, 11) is 0. The van der Waals surface area contributed by atoms with Crippen LogP contribution >= 0.6 is 0 Å². The van der Waals surface area contributed by atoms with Crippen LogP contribution in [0.5, 0.6) is 0 Å². The molecule has 92 valence electrons. The molecule has 0 aliphatic heterocycles. The van der Waals surface area contributed by atoms with E-state index in [2.05, 4.69) is 11.2 Å². The van der Waals surface area contributed by atoms with E-state index in [1.807, 2.05) is 19.1 Å². The summed E-state index contributed by atoms with van der Waals surface area (Å²) >= 11 is 0. The van der Waals surface area contributed by atoms with E-state index in [1.165, 1.54) is 0 Å². The van der Waals surface area contributed by atoms with E-state index >= 15 is 0 Å². The highest BCUT2D eigenvalue weighted by Gasteiger charge is 2.14. The Morgan fingerprint density at radius 2 is 2.47 bits per heavy atom. The van der Waals surface area contributed by atoms with Crippen molar-refractivity contribution in [2.75, 3.05) is 0 Å². The summed E-state index contributed by atoms with van der Waals surface area (Å²) in [4.78, 5) is 11.5. The monoisotopic (exact) mass is 234 g/mol. The number of hydrogen-bond acceptors (Lipinski definition) is 3. The van der Waals surface area contributed by atoms with Gasteiger partial charge in [0.1, 0.15) is 5.76 Å². The molecule has 4 nitrogen and oxygen atoms in total. The van der Waals surface area contributed by atoms with Crippen molar-refractivity contribution in [3.05, 3.63) is 24.2 Å². The molecule has 3 N–H and O–H groups in total. The molecule has 0 radical (unpaired) electrons. The molecular weight excluding hydrogens is 216 g/mol. The van der Waals surface area contributed by atoms with Gasteiger partial charge in [0, 0.05) is 18.9 Å². The lowest BCUT2D eigenvalue weighted by Crippen LogP contribution is -2.44. The summed E-state index contributed by atoms with van der Waals surface area (Å²) in [6, 6.07) is 3.20. The van der Waals surface area contributed by atoms with Crippen LogP contribution in [-0.2, 0) is 11.2 Å². The number of furan rings is 1. The van der Waals surface area contributed by atoms with Gasteiger partial charge in [0.15, 0.2) is 0 Å². The third-order valence-electron chi connectivity index (χ3n) is 2.47. The predicted molar refractivity (Wildman–Crippen MR) is 66.1 cm³/mol. The predicted octanol–water partition coefficient (Wildman–Crippen LogP) is 1.07. The van der Waals surface area contributed by atoms with Gasteiger partial charge in [-0.2, -0.15) is 0 Å². The first-order valence-electron chi connectivity index (χ1n) is 5.65. The van der Waals surface area contributed by atoms with Crippen molar-refractivity contribution >= 4 is 5.91 Å². The van der Waals surface area contributed by atoms with E-state index in [1.54, 1.807) is 6.26 Å². The van der Waals surface area contributed by atoms with Crippen molar-refractivity contribution in [3.63, 3.8) is 0 Å². The van der Waals surface area contributed by atoms with Gasteiger partial charge < -0.3 is 15.5 Å². The zero-order valence-corrected chi connectivity index (χ0v) is 9.98. The summed E-state index contributed by atoms with van der Waals surface area (Å²) in [6.45, 7) is 1.93. The fraction of sp³-hybridized carbons (Fsp3) is 0.462. The molecule has 0 aromatic carbocycles. The molecule has 1 heterocycles. The van der Waals surface area contributed by atoms with E-state index in [-0.39, 0.29) is 18.4 Å². The Morgan fingerprint density at radius 1 is 1.71 bits per heavy atom. The molecule has 17 heavy (non-hydrogen) atoms. The number of rotatable bonds is 6. The minimum absolute atomic E-state index is 0.0522. The second-order valence-corrected chi connectivity index (χ2v) is 4.04. The number of terminal acetylenes is 1. The number of aryl methyl sites for hydroxylation is 1. The average Bonchev–Trinajstić information content (AvgIpc) is 2.79. The lowest BCUT2D eigenvalue weighted by atomic mass is 10.1. The first-order chi connectivity index (χ1) is 8.13. The van der Waals surface area contributed by atoms with Crippen molar-refractivity contribution in [2.45, 2.75) is 38.3 Å². The van der Waals surface area contributed by atoms with Crippen LogP contribution < -0.4 is 11.1 Å². The molecule has 1 aromatic rings. The van der Waals surface area contributed by atoms with Crippen LogP contribution in [0, 0.1) is 12.3 Å². The fourth-order valence-electron chi connectivity index (χ4n) is 1.46. The minimum atomic E-state index is -0.619. The molecule has 0 aliphatic carbocycles. The van der Waals surface area contributed by atoms with Crippen LogP contribution in [0.1, 0.15) is 25.5 Å². The zero-order valence-electron chi connectivity index (χ0n) is 9.98. The Kier molecular flexibility index (Phi) is 5.31. The lowest BCUT2D eigenvalue weighted by Gasteiger charge is -2.15. The van der Waals surface area contributed by atoms with Gasteiger partial charge in [-0.1, -0.05) is 0 Å². The number of hydrogen-bond donors (Lipinski definition) is 2. The third kappa shape index (κ3) is 4.75. The van der Waals surface area contributed by atoms with Gasteiger partial charge in [-0.15, -0.1) is 12.3 Å². The van der Waals surface area contributed by atoms with Crippen molar-refractivity contribution in [3.8, 4) is 12.3 Å². The van der Waals surface area contributed by atoms with Gasteiger partial charge >= 0.3 is 0 Å². The molecule has 1 amide bonds. The van der Waals surface area contributed by atoms with Crippen molar-refractivity contribution in [1.82, 2.24) is 5.32 Å². The fourth-order valence-corrected chi connectivity index (χ4v) is 1.46. The highest BCUT2D eigenvalue weighted by molar-refractivity contribution is 5.82. The molecule has 0 spiro atoms. The second-order valence-electron chi connectivity index (χ2n) is 4.04. The maximum atomic E-state index is 11.5. The molecule has 2 unspecified atom stereocenters. The number of amides is 1. The van der Waals surface area contributed by atoms with Crippen LogP contribution in [0.3, 0.4) is 0 Å². The SMILES string of the molecule is C#CCC(N)C(=O)NC(C)CCc1ccco1. The van der Waals surface area contributed by atoms with Crippen molar-refractivity contribution in [2.24, 2.45) is 5.73 Å². The number of nitrogens with two attached hydrogens (primary N) is 1. The van der Waals surface area contributed by atoms with Crippen LogP contribution in [0.4, 0.5) is 0 Å². The van der Waals surface area contributed by atoms with Crippen LogP contribution in [-0.4, -0.2) is 18.0 Å². The number of carbonyl (C=O) groups is 1. The number of nitrogens with one attached hydrogen (secondary N) is 1. The lowest BCUT2D eigenvalue weighted by molar-refractivity contribution is -0.122. The summed E-state index contributed by atoms with van der Waals surface area (Å²) in [5.41, 5.74) is 5.59. The minimum Gasteiger partial charge on any atom is -0.469 e. The van der Waals surface area contributed by atoms with Crippen molar-refractivity contribution in [1.29, 1.82) is 0 Å². The van der Waals surface area contributed by atoms with Gasteiger partial charge in [0.05, 0.1) is 12.3 Å². The van der Waals surface area contributed by atoms with Crippen molar-refractivity contribution < 1.29 is 9.21 Å². The van der Waals surface area contributed by atoms with Gasteiger partial charge in [-0.05, 0) is 25.5 Å². The Labute approximate surface area is 102 Å². The molecule has 4 heteroatoms.